The van der Waals surface area contributed by atoms with Crippen LogP contribution in [0.3, 0.4) is 0 Å². The first-order valence-electron chi connectivity index (χ1n) is 10.0. The number of aromatic nitrogens is 2. The molecule has 0 saturated heterocycles. The molecule has 0 bridgehead atoms. The SMILES string of the molecule is CC(NC(=O)NC1CCCc2c1cnn2Cc1ccccc1)c1ccc(Cl)cc1. The van der Waals surface area contributed by atoms with E-state index in [1.807, 2.05) is 55.6 Å². The molecule has 150 valence electrons. The van der Waals surface area contributed by atoms with Gasteiger partial charge in [-0.2, -0.15) is 5.10 Å². The number of carbonyl (C=O) groups excluding carboxylic acids is 1. The quantitative estimate of drug-likeness (QED) is 0.622. The molecule has 0 radical (unpaired) electrons. The highest BCUT2D eigenvalue weighted by Crippen LogP contribution is 2.30. The van der Waals surface area contributed by atoms with Crippen LogP contribution in [0.4, 0.5) is 4.79 Å². The summed E-state index contributed by atoms with van der Waals surface area (Å²) in [5.41, 5.74) is 4.59. The van der Waals surface area contributed by atoms with E-state index < -0.39 is 0 Å². The number of fused-ring (bicyclic) bond motifs is 1. The summed E-state index contributed by atoms with van der Waals surface area (Å²) in [4.78, 5) is 12.6. The number of amides is 2. The zero-order chi connectivity index (χ0) is 20.2. The van der Waals surface area contributed by atoms with Crippen LogP contribution in [-0.2, 0) is 13.0 Å². The molecule has 2 atom stereocenters. The van der Waals surface area contributed by atoms with Crippen molar-refractivity contribution < 1.29 is 4.79 Å². The Morgan fingerprint density at radius 3 is 2.72 bits per heavy atom. The monoisotopic (exact) mass is 408 g/mol. The number of hydrogen-bond donors (Lipinski definition) is 2. The number of halogens is 1. The van der Waals surface area contributed by atoms with E-state index in [0.717, 1.165) is 36.9 Å². The van der Waals surface area contributed by atoms with E-state index >= 15 is 0 Å². The minimum Gasteiger partial charge on any atom is -0.332 e. The lowest BCUT2D eigenvalue weighted by Crippen LogP contribution is -2.40. The van der Waals surface area contributed by atoms with Crippen molar-refractivity contribution in [3.05, 3.63) is 88.2 Å². The van der Waals surface area contributed by atoms with Crippen LogP contribution < -0.4 is 10.6 Å². The number of hydrogen-bond acceptors (Lipinski definition) is 2. The summed E-state index contributed by atoms with van der Waals surface area (Å²) >= 11 is 5.94. The number of carbonyl (C=O) groups is 1. The van der Waals surface area contributed by atoms with Gasteiger partial charge in [0, 0.05) is 16.3 Å². The summed E-state index contributed by atoms with van der Waals surface area (Å²) in [7, 11) is 0. The Balaban J connectivity index is 1.41. The van der Waals surface area contributed by atoms with Crippen molar-refractivity contribution in [3.63, 3.8) is 0 Å². The van der Waals surface area contributed by atoms with Gasteiger partial charge in [-0.1, -0.05) is 54.1 Å². The highest BCUT2D eigenvalue weighted by atomic mass is 35.5. The molecule has 0 fully saturated rings. The van der Waals surface area contributed by atoms with Crippen LogP contribution in [-0.4, -0.2) is 15.8 Å². The van der Waals surface area contributed by atoms with E-state index in [1.54, 1.807) is 0 Å². The average molecular weight is 409 g/mol. The van der Waals surface area contributed by atoms with E-state index in [0.29, 0.717) is 5.02 Å². The molecule has 4 rings (SSSR count). The van der Waals surface area contributed by atoms with Crippen molar-refractivity contribution in [1.29, 1.82) is 0 Å². The Kier molecular flexibility index (Phi) is 5.86. The maximum absolute atomic E-state index is 12.6. The molecular weight excluding hydrogens is 384 g/mol. The molecule has 29 heavy (non-hydrogen) atoms. The van der Waals surface area contributed by atoms with Gasteiger partial charge in [0.1, 0.15) is 0 Å². The minimum atomic E-state index is -0.166. The first-order chi connectivity index (χ1) is 14.1. The lowest BCUT2D eigenvalue weighted by Gasteiger charge is -2.25. The minimum absolute atomic E-state index is 0.0132. The van der Waals surface area contributed by atoms with E-state index in [9.17, 15) is 4.79 Å². The van der Waals surface area contributed by atoms with Crippen LogP contribution in [0.5, 0.6) is 0 Å². The number of nitrogens with one attached hydrogen (secondary N) is 2. The van der Waals surface area contributed by atoms with Crippen LogP contribution in [0, 0.1) is 0 Å². The van der Waals surface area contributed by atoms with E-state index in [2.05, 4.69) is 32.5 Å². The molecule has 1 aliphatic carbocycles. The second kappa shape index (κ2) is 8.70. The van der Waals surface area contributed by atoms with Gasteiger partial charge in [-0.25, -0.2) is 4.79 Å². The number of urea groups is 1. The largest absolute Gasteiger partial charge is 0.332 e. The molecule has 1 aliphatic rings. The van der Waals surface area contributed by atoms with Gasteiger partial charge in [0.05, 0.1) is 24.8 Å². The molecule has 5 nitrogen and oxygen atoms in total. The van der Waals surface area contributed by atoms with Gasteiger partial charge >= 0.3 is 6.03 Å². The zero-order valence-electron chi connectivity index (χ0n) is 16.4. The highest BCUT2D eigenvalue weighted by molar-refractivity contribution is 6.30. The van der Waals surface area contributed by atoms with Gasteiger partial charge in [0.15, 0.2) is 0 Å². The number of rotatable bonds is 5. The summed E-state index contributed by atoms with van der Waals surface area (Å²) in [6, 6.07) is 17.6. The van der Waals surface area contributed by atoms with Crippen molar-refractivity contribution in [2.24, 2.45) is 0 Å². The fourth-order valence-electron chi connectivity index (χ4n) is 3.89. The first kappa shape index (κ1) is 19.5. The fourth-order valence-corrected chi connectivity index (χ4v) is 4.02. The first-order valence-corrected chi connectivity index (χ1v) is 10.4. The van der Waals surface area contributed by atoms with E-state index in [1.165, 1.54) is 11.3 Å². The van der Waals surface area contributed by atoms with Crippen LogP contribution in [0.1, 0.15) is 54.2 Å². The molecular formula is C23H25ClN4O. The predicted octanol–water partition coefficient (Wildman–Crippen LogP) is 5.02. The molecule has 6 heteroatoms. The molecule has 2 unspecified atom stereocenters. The summed E-state index contributed by atoms with van der Waals surface area (Å²) < 4.78 is 2.06. The fraction of sp³-hybridized carbons (Fsp3) is 0.304. The number of nitrogens with zero attached hydrogens (tertiary/aromatic N) is 2. The Hall–Kier alpha value is -2.79. The molecule has 1 aromatic heterocycles. The van der Waals surface area contributed by atoms with Crippen molar-refractivity contribution >= 4 is 17.6 Å². The second-order valence-corrected chi connectivity index (χ2v) is 7.96. The summed E-state index contributed by atoms with van der Waals surface area (Å²) in [6.45, 7) is 2.72. The third-order valence-electron chi connectivity index (χ3n) is 5.46. The maximum atomic E-state index is 12.6. The molecule has 2 N–H and O–H groups in total. The topological polar surface area (TPSA) is 59.0 Å². The van der Waals surface area contributed by atoms with Crippen molar-refractivity contribution in [3.8, 4) is 0 Å². The molecule has 2 aromatic carbocycles. The van der Waals surface area contributed by atoms with Gasteiger partial charge in [-0.05, 0) is 49.4 Å². The Labute approximate surface area is 176 Å². The molecule has 0 saturated carbocycles. The lowest BCUT2D eigenvalue weighted by atomic mass is 9.93. The Morgan fingerprint density at radius 1 is 1.21 bits per heavy atom. The van der Waals surface area contributed by atoms with Crippen molar-refractivity contribution in [1.82, 2.24) is 20.4 Å². The van der Waals surface area contributed by atoms with E-state index in [-0.39, 0.29) is 18.1 Å². The molecule has 0 spiro atoms. The van der Waals surface area contributed by atoms with Crippen molar-refractivity contribution in [2.75, 3.05) is 0 Å². The van der Waals surface area contributed by atoms with Gasteiger partial charge < -0.3 is 10.6 Å². The summed E-state index contributed by atoms with van der Waals surface area (Å²) in [5, 5.41) is 11.4. The Morgan fingerprint density at radius 2 is 1.97 bits per heavy atom. The van der Waals surface area contributed by atoms with Gasteiger partial charge in [0.2, 0.25) is 0 Å². The van der Waals surface area contributed by atoms with E-state index in [4.69, 9.17) is 11.6 Å². The average Bonchev–Trinajstić information content (AvgIpc) is 3.13. The molecule has 0 aliphatic heterocycles. The molecule has 2 amide bonds. The standard InChI is InChI=1S/C23H25ClN4O/c1-16(18-10-12-19(24)13-11-18)26-23(29)27-21-8-5-9-22-20(21)14-25-28(22)15-17-6-3-2-4-7-17/h2-4,6-7,10-14,16,21H,5,8-9,15H2,1H3,(H2,26,27,29). The summed E-state index contributed by atoms with van der Waals surface area (Å²) in [6.07, 6.45) is 4.85. The van der Waals surface area contributed by atoms with Crippen LogP contribution in [0.25, 0.3) is 0 Å². The molecule has 1 heterocycles. The van der Waals surface area contributed by atoms with Crippen molar-refractivity contribution in [2.45, 2.75) is 44.8 Å². The van der Waals surface area contributed by atoms with Crippen LogP contribution in [0.2, 0.25) is 5.02 Å². The zero-order valence-corrected chi connectivity index (χ0v) is 17.2. The third-order valence-corrected chi connectivity index (χ3v) is 5.71. The van der Waals surface area contributed by atoms with Gasteiger partial charge in [0.25, 0.3) is 0 Å². The number of benzene rings is 2. The normalized spacial score (nSPS) is 16.7. The highest BCUT2D eigenvalue weighted by Gasteiger charge is 2.26. The predicted molar refractivity (Wildman–Crippen MR) is 115 cm³/mol. The van der Waals surface area contributed by atoms with Crippen LogP contribution in [0.15, 0.2) is 60.8 Å². The summed E-state index contributed by atoms with van der Waals surface area (Å²) in [5.74, 6) is 0. The van der Waals surface area contributed by atoms with Crippen LogP contribution >= 0.6 is 11.6 Å². The van der Waals surface area contributed by atoms with Gasteiger partial charge in [-0.3, -0.25) is 4.68 Å². The lowest BCUT2D eigenvalue weighted by molar-refractivity contribution is 0.232. The molecule has 3 aromatic rings. The third kappa shape index (κ3) is 4.62. The maximum Gasteiger partial charge on any atom is 0.315 e. The smallest absolute Gasteiger partial charge is 0.315 e. The Bertz CT molecular complexity index is 968. The second-order valence-electron chi connectivity index (χ2n) is 7.53. The van der Waals surface area contributed by atoms with Gasteiger partial charge in [-0.15, -0.1) is 0 Å².